The molecule has 1 saturated heterocycles. The van der Waals surface area contributed by atoms with E-state index in [1.54, 1.807) is 48.8 Å². The summed E-state index contributed by atoms with van der Waals surface area (Å²) in [6.45, 7) is 6.28. The number of aromatic nitrogens is 1. The predicted octanol–water partition coefficient (Wildman–Crippen LogP) is 4.89. The van der Waals surface area contributed by atoms with Gasteiger partial charge in [-0.2, -0.15) is 0 Å². The molecule has 1 N–H and O–H groups in total. The molecule has 180 valence electrons. The van der Waals surface area contributed by atoms with Gasteiger partial charge in [0.15, 0.2) is 0 Å². The quantitative estimate of drug-likeness (QED) is 0.285. The fraction of sp³-hybridized carbons (Fsp3) is 0.250. The third-order valence-electron chi connectivity index (χ3n) is 5.63. The number of likely N-dealkylation sites (tertiary alicyclic amines) is 1. The van der Waals surface area contributed by atoms with Gasteiger partial charge in [0.25, 0.3) is 11.7 Å². The topological polar surface area (TPSA) is 89.0 Å². The molecule has 7 heteroatoms. The molecule has 1 aliphatic heterocycles. The van der Waals surface area contributed by atoms with Crippen LogP contribution in [0.4, 0.5) is 0 Å². The number of Topliss-reactive ketones (excluding diaryl/α,β-unsaturated/α-hetero) is 1. The number of aliphatic hydroxyl groups is 1. The fourth-order valence-electron chi connectivity index (χ4n) is 4.17. The van der Waals surface area contributed by atoms with E-state index in [2.05, 4.69) is 4.98 Å². The summed E-state index contributed by atoms with van der Waals surface area (Å²) in [6.07, 6.45) is 3.30. The Balaban J connectivity index is 1.84. The highest BCUT2D eigenvalue weighted by Crippen LogP contribution is 2.43. The zero-order chi connectivity index (χ0) is 24.9. The zero-order valence-corrected chi connectivity index (χ0v) is 20.0. The first-order valence-electron chi connectivity index (χ1n) is 11.6. The summed E-state index contributed by atoms with van der Waals surface area (Å²) >= 11 is 0. The summed E-state index contributed by atoms with van der Waals surface area (Å²) in [5, 5.41) is 11.3. The van der Waals surface area contributed by atoms with Crippen molar-refractivity contribution in [3.63, 3.8) is 0 Å². The summed E-state index contributed by atoms with van der Waals surface area (Å²) in [6, 6.07) is 16.8. The van der Waals surface area contributed by atoms with Crippen LogP contribution in [-0.4, -0.2) is 39.4 Å². The average Bonchev–Trinajstić information content (AvgIpc) is 3.10. The SMILES string of the molecule is CCOc1ccccc1C1C(=C(O)c2ccc(OC(C)C)cc2)C(=O)C(=O)N1Cc1cccnc1. The zero-order valence-electron chi connectivity index (χ0n) is 20.0. The second-order valence-corrected chi connectivity index (χ2v) is 8.45. The maximum atomic E-state index is 13.3. The van der Waals surface area contributed by atoms with Gasteiger partial charge in [-0.25, -0.2) is 0 Å². The number of ether oxygens (including phenoxy) is 2. The van der Waals surface area contributed by atoms with Crippen LogP contribution >= 0.6 is 0 Å². The van der Waals surface area contributed by atoms with Crippen molar-refractivity contribution in [2.75, 3.05) is 6.61 Å². The molecule has 7 nitrogen and oxygen atoms in total. The molecule has 0 saturated carbocycles. The molecule has 1 aliphatic rings. The third kappa shape index (κ3) is 5.04. The van der Waals surface area contributed by atoms with Crippen molar-refractivity contribution in [2.24, 2.45) is 0 Å². The number of carbonyl (C=O) groups is 2. The van der Waals surface area contributed by atoms with E-state index in [1.807, 2.05) is 45.0 Å². The molecular formula is C28H28N2O5. The lowest BCUT2D eigenvalue weighted by atomic mass is 9.94. The molecule has 1 atom stereocenters. The lowest BCUT2D eigenvalue weighted by molar-refractivity contribution is -0.140. The van der Waals surface area contributed by atoms with Gasteiger partial charge in [-0.05, 0) is 62.7 Å². The average molecular weight is 473 g/mol. The first kappa shape index (κ1) is 24.0. The summed E-state index contributed by atoms with van der Waals surface area (Å²) < 4.78 is 11.5. The number of aliphatic hydroxyl groups excluding tert-OH is 1. The van der Waals surface area contributed by atoms with Crippen molar-refractivity contribution >= 4 is 17.4 Å². The monoisotopic (exact) mass is 472 g/mol. The molecule has 1 fully saturated rings. The van der Waals surface area contributed by atoms with Crippen LogP contribution in [0.15, 0.2) is 78.6 Å². The van der Waals surface area contributed by atoms with Crippen LogP contribution in [0, 0.1) is 0 Å². The fourth-order valence-corrected chi connectivity index (χ4v) is 4.17. The Kier molecular flexibility index (Phi) is 7.15. The Morgan fingerprint density at radius 3 is 2.46 bits per heavy atom. The minimum Gasteiger partial charge on any atom is -0.507 e. The summed E-state index contributed by atoms with van der Waals surface area (Å²) in [5.74, 6) is -0.488. The van der Waals surface area contributed by atoms with Crippen molar-refractivity contribution in [3.05, 3.63) is 95.3 Å². The second-order valence-electron chi connectivity index (χ2n) is 8.45. The molecule has 35 heavy (non-hydrogen) atoms. The standard InChI is InChI=1S/C28H28N2O5/c1-4-34-23-10-6-5-9-22(23)25-24(26(31)20-11-13-21(14-12-20)35-18(2)3)27(32)28(33)30(25)17-19-8-7-15-29-16-19/h5-16,18,25,31H,4,17H2,1-3H3. The molecule has 0 spiro atoms. The van der Waals surface area contributed by atoms with Crippen LogP contribution in [0.5, 0.6) is 11.5 Å². The molecule has 2 heterocycles. The second kappa shape index (κ2) is 10.4. The number of hydrogen-bond acceptors (Lipinski definition) is 6. The van der Waals surface area contributed by atoms with E-state index < -0.39 is 17.7 Å². The molecule has 1 aromatic heterocycles. The maximum absolute atomic E-state index is 13.3. The van der Waals surface area contributed by atoms with Crippen LogP contribution in [0.25, 0.3) is 5.76 Å². The summed E-state index contributed by atoms with van der Waals surface area (Å²) in [5.41, 5.74) is 1.82. The van der Waals surface area contributed by atoms with Gasteiger partial charge in [0, 0.05) is 30.1 Å². The van der Waals surface area contributed by atoms with Gasteiger partial charge in [0.2, 0.25) is 0 Å². The van der Waals surface area contributed by atoms with Gasteiger partial charge >= 0.3 is 0 Å². The smallest absolute Gasteiger partial charge is 0.295 e. The maximum Gasteiger partial charge on any atom is 0.295 e. The number of rotatable bonds is 8. The minimum absolute atomic E-state index is 0.00214. The highest BCUT2D eigenvalue weighted by molar-refractivity contribution is 6.46. The van der Waals surface area contributed by atoms with Gasteiger partial charge in [-0.3, -0.25) is 14.6 Å². The van der Waals surface area contributed by atoms with E-state index in [-0.39, 0.29) is 24.0 Å². The Labute approximate surface area is 204 Å². The molecule has 0 bridgehead atoms. The first-order chi connectivity index (χ1) is 16.9. The normalized spacial score (nSPS) is 17.1. The molecule has 1 amide bonds. The van der Waals surface area contributed by atoms with E-state index in [4.69, 9.17) is 9.47 Å². The largest absolute Gasteiger partial charge is 0.507 e. The van der Waals surface area contributed by atoms with E-state index in [9.17, 15) is 14.7 Å². The highest BCUT2D eigenvalue weighted by atomic mass is 16.5. The van der Waals surface area contributed by atoms with E-state index in [0.717, 1.165) is 5.56 Å². The molecule has 0 radical (unpaired) electrons. The molecule has 1 unspecified atom stereocenters. The van der Waals surface area contributed by atoms with Crippen molar-refractivity contribution < 1.29 is 24.2 Å². The van der Waals surface area contributed by atoms with E-state index in [0.29, 0.717) is 29.2 Å². The first-order valence-corrected chi connectivity index (χ1v) is 11.6. The lowest BCUT2D eigenvalue weighted by Gasteiger charge is -2.26. The number of benzene rings is 2. The lowest BCUT2D eigenvalue weighted by Crippen LogP contribution is -2.29. The van der Waals surface area contributed by atoms with Gasteiger partial charge in [0.1, 0.15) is 17.3 Å². The van der Waals surface area contributed by atoms with Gasteiger partial charge in [-0.15, -0.1) is 0 Å². The Morgan fingerprint density at radius 2 is 1.80 bits per heavy atom. The number of amides is 1. The summed E-state index contributed by atoms with van der Waals surface area (Å²) in [4.78, 5) is 32.1. The van der Waals surface area contributed by atoms with Gasteiger partial charge < -0.3 is 19.5 Å². The minimum atomic E-state index is -0.829. The number of carbonyl (C=O) groups excluding carboxylic acids is 2. The number of para-hydroxylation sites is 1. The Bertz CT molecular complexity index is 1240. The number of ketones is 1. The number of hydrogen-bond donors (Lipinski definition) is 1. The molecular weight excluding hydrogens is 444 g/mol. The van der Waals surface area contributed by atoms with Crippen LogP contribution in [0.1, 0.15) is 43.5 Å². The molecule has 0 aliphatic carbocycles. The number of nitrogens with zero attached hydrogens (tertiary/aromatic N) is 2. The van der Waals surface area contributed by atoms with Gasteiger partial charge in [-0.1, -0.05) is 24.3 Å². The van der Waals surface area contributed by atoms with Crippen molar-refractivity contribution in [1.82, 2.24) is 9.88 Å². The van der Waals surface area contributed by atoms with Crippen LogP contribution in [0.2, 0.25) is 0 Å². The summed E-state index contributed by atoms with van der Waals surface area (Å²) in [7, 11) is 0. The number of pyridine rings is 1. The van der Waals surface area contributed by atoms with Crippen molar-refractivity contribution in [1.29, 1.82) is 0 Å². The van der Waals surface area contributed by atoms with E-state index in [1.165, 1.54) is 4.90 Å². The molecule has 2 aromatic carbocycles. The Morgan fingerprint density at radius 1 is 1.06 bits per heavy atom. The van der Waals surface area contributed by atoms with Gasteiger partial charge in [0.05, 0.1) is 24.3 Å². The third-order valence-corrected chi connectivity index (χ3v) is 5.63. The van der Waals surface area contributed by atoms with E-state index >= 15 is 0 Å². The van der Waals surface area contributed by atoms with Crippen LogP contribution in [0.3, 0.4) is 0 Å². The predicted molar refractivity (Wildman–Crippen MR) is 132 cm³/mol. The Hall–Kier alpha value is -4.13. The van der Waals surface area contributed by atoms with Crippen molar-refractivity contribution in [3.8, 4) is 11.5 Å². The van der Waals surface area contributed by atoms with Crippen LogP contribution < -0.4 is 9.47 Å². The highest BCUT2D eigenvalue weighted by Gasteiger charge is 2.47. The van der Waals surface area contributed by atoms with Crippen LogP contribution in [-0.2, 0) is 16.1 Å². The van der Waals surface area contributed by atoms with Crippen molar-refractivity contribution in [2.45, 2.75) is 39.5 Å². The molecule has 3 aromatic rings. The molecule has 4 rings (SSSR count).